The smallest absolute Gasteiger partial charge is 0.224 e. The first-order valence-electron chi connectivity index (χ1n) is 7.38. The zero-order valence-electron chi connectivity index (χ0n) is 13.4. The van der Waals surface area contributed by atoms with Gasteiger partial charge >= 0.3 is 0 Å². The van der Waals surface area contributed by atoms with Crippen LogP contribution in [0.1, 0.15) is 0 Å². The number of primary sulfonamides is 1. The first-order valence-corrected chi connectivity index (χ1v) is 10.1. The standard InChI is InChI=1S/C18H11Cl2F2NO2S2/c19-13-4-2-10(5-14(13)20)12-3-1-9(8-17(12)26)11-6-15(21)18(16(22)7-11)27(23,24)25/h1-8,26H,(H2,23,24,25). The Morgan fingerprint density at radius 2 is 1.41 bits per heavy atom. The molecule has 27 heavy (non-hydrogen) atoms. The van der Waals surface area contributed by atoms with E-state index in [1.165, 1.54) is 0 Å². The Morgan fingerprint density at radius 3 is 1.93 bits per heavy atom. The van der Waals surface area contributed by atoms with Gasteiger partial charge in [-0.15, -0.1) is 12.6 Å². The lowest BCUT2D eigenvalue weighted by Crippen LogP contribution is -2.16. The van der Waals surface area contributed by atoms with Crippen molar-refractivity contribution in [2.24, 2.45) is 5.14 Å². The number of thiol groups is 1. The topological polar surface area (TPSA) is 60.2 Å². The number of hydrogen-bond acceptors (Lipinski definition) is 3. The molecule has 2 N–H and O–H groups in total. The monoisotopic (exact) mass is 445 g/mol. The lowest BCUT2D eigenvalue weighted by Gasteiger charge is -2.11. The molecule has 0 unspecified atom stereocenters. The number of sulfonamides is 1. The van der Waals surface area contributed by atoms with Crippen LogP contribution in [0.4, 0.5) is 8.78 Å². The van der Waals surface area contributed by atoms with E-state index in [1.807, 2.05) is 0 Å². The maximum absolute atomic E-state index is 14.1. The maximum Gasteiger partial charge on any atom is 0.243 e. The van der Waals surface area contributed by atoms with Crippen LogP contribution in [-0.4, -0.2) is 8.42 Å². The molecule has 0 saturated carbocycles. The van der Waals surface area contributed by atoms with Crippen LogP contribution in [0.2, 0.25) is 10.0 Å². The van der Waals surface area contributed by atoms with E-state index in [0.29, 0.717) is 20.5 Å². The minimum absolute atomic E-state index is 0.147. The Bertz CT molecular complexity index is 1150. The Hall–Kier alpha value is -1.64. The number of nitrogens with two attached hydrogens (primary N) is 1. The molecule has 9 heteroatoms. The fraction of sp³-hybridized carbons (Fsp3) is 0. The molecule has 3 aromatic rings. The maximum atomic E-state index is 14.1. The van der Waals surface area contributed by atoms with E-state index in [9.17, 15) is 17.2 Å². The quantitative estimate of drug-likeness (QED) is 0.519. The van der Waals surface area contributed by atoms with Gasteiger partial charge in [-0.3, -0.25) is 0 Å². The van der Waals surface area contributed by atoms with Crippen LogP contribution in [0.25, 0.3) is 22.3 Å². The molecule has 0 fully saturated rings. The summed E-state index contributed by atoms with van der Waals surface area (Å²) in [5.74, 6) is -2.52. The summed E-state index contributed by atoms with van der Waals surface area (Å²) in [5, 5.41) is 5.64. The normalized spacial score (nSPS) is 11.6. The van der Waals surface area contributed by atoms with Gasteiger partial charge in [0, 0.05) is 4.90 Å². The largest absolute Gasteiger partial charge is 0.243 e. The van der Waals surface area contributed by atoms with Gasteiger partial charge in [0.2, 0.25) is 10.0 Å². The molecular weight excluding hydrogens is 435 g/mol. The molecule has 3 rings (SSSR count). The highest BCUT2D eigenvalue weighted by molar-refractivity contribution is 7.89. The van der Waals surface area contributed by atoms with Crippen molar-refractivity contribution in [2.75, 3.05) is 0 Å². The lowest BCUT2D eigenvalue weighted by molar-refractivity contribution is 0.520. The van der Waals surface area contributed by atoms with Crippen LogP contribution in [0, 0.1) is 11.6 Å². The van der Waals surface area contributed by atoms with Gasteiger partial charge in [0.1, 0.15) is 11.6 Å². The highest BCUT2D eigenvalue weighted by Crippen LogP contribution is 2.35. The molecule has 3 nitrogen and oxygen atoms in total. The van der Waals surface area contributed by atoms with Gasteiger partial charge in [0.05, 0.1) is 10.0 Å². The summed E-state index contributed by atoms with van der Waals surface area (Å²) in [6.45, 7) is 0. The van der Waals surface area contributed by atoms with E-state index in [2.05, 4.69) is 12.6 Å². The van der Waals surface area contributed by atoms with Crippen LogP contribution in [-0.2, 0) is 10.0 Å². The minimum atomic E-state index is -4.51. The van der Waals surface area contributed by atoms with E-state index in [0.717, 1.165) is 23.3 Å². The third-order valence-corrected chi connectivity index (χ3v) is 5.91. The first-order chi connectivity index (χ1) is 12.6. The third kappa shape index (κ3) is 4.12. The van der Waals surface area contributed by atoms with Crippen LogP contribution in [0.15, 0.2) is 58.3 Å². The molecule has 0 spiro atoms. The van der Waals surface area contributed by atoms with Crippen molar-refractivity contribution in [3.8, 4) is 22.3 Å². The number of benzene rings is 3. The number of halogens is 4. The van der Waals surface area contributed by atoms with E-state index in [1.54, 1.807) is 36.4 Å². The van der Waals surface area contributed by atoms with Gasteiger partial charge in [-0.05, 0) is 52.6 Å². The second-order valence-electron chi connectivity index (χ2n) is 5.67. The van der Waals surface area contributed by atoms with Gasteiger partial charge in [-0.1, -0.05) is 41.4 Å². The third-order valence-electron chi connectivity index (χ3n) is 3.84. The number of hydrogen-bond donors (Lipinski definition) is 2. The lowest BCUT2D eigenvalue weighted by atomic mass is 10.00. The molecule has 0 saturated heterocycles. The van der Waals surface area contributed by atoms with E-state index in [-0.39, 0.29) is 5.56 Å². The molecule has 0 amide bonds. The van der Waals surface area contributed by atoms with Crippen molar-refractivity contribution in [1.82, 2.24) is 0 Å². The predicted octanol–water partition coefficient (Wildman–Crippen LogP) is 5.54. The van der Waals surface area contributed by atoms with E-state index < -0.39 is 26.6 Å². The van der Waals surface area contributed by atoms with Crippen molar-refractivity contribution in [2.45, 2.75) is 9.79 Å². The molecule has 0 atom stereocenters. The molecule has 0 aliphatic rings. The summed E-state index contributed by atoms with van der Waals surface area (Å²) in [6.07, 6.45) is 0. The molecular formula is C18H11Cl2F2NO2S2. The van der Waals surface area contributed by atoms with Crippen LogP contribution < -0.4 is 5.14 Å². The van der Waals surface area contributed by atoms with Gasteiger partial charge in [-0.2, -0.15) is 0 Å². The fourth-order valence-electron chi connectivity index (χ4n) is 2.62. The van der Waals surface area contributed by atoms with Gasteiger partial charge < -0.3 is 0 Å². The zero-order chi connectivity index (χ0) is 19.9. The van der Waals surface area contributed by atoms with Crippen LogP contribution in [0.5, 0.6) is 0 Å². The minimum Gasteiger partial charge on any atom is -0.224 e. The Kier molecular flexibility index (Phi) is 5.52. The molecule has 0 aliphatic heterocycles. The molecule has 0 aliphatic carbocycles. The fourth-order valence-corrected chi connectivity index (χ4v) is 3.92. The highest BCUT2D eigenvalue weighted by atomic mass is 35.5. The van der Waals surface area contributed by atoms with Gasteiger partial charge in [-0.25, -0.2) is 22.3 Å². The van der Waals surface area contributed by atoms with Crippen molar-refractivity contribution in [1.29, 1.82) is 0 Å². The molecule has 3 aromatic carbocycles. The molecule has 0 aromatic heterocycles. The summed E-state index contributed by atoms with van der Waals surface area (Å²) < 4.78 is 50.7. The summed E-state index contributed by atoms with van der Waals surface area (Å²) in [5.41, 5.74) is 2.10. The van der Waals surface area contributed by atoms with Crippen molar-refractivity contribution >= 4 is 45.9 Å². The van der Waals surface area contributed by atoms with E-state index >= 15 is 0 Å². The SMILES string of the molecule is NS(=O)(=O)c1c(F)cc(-c2ccc(-c3ccc(Cl)c(Cl)c3)c(S)c2)cc1F. The molecule has 140 valence electrons. The first kappa shape index (κ1) is 20.1. The van der Waals surface area contributed by atoms with Crippen molar-refractivity contribution in [3.63, 3.8) is 0 Å². The molecule has 0 bridgehead atoms. The summed E-state index contributed by atoms with van der Waals surface area (Å²) in [7, 11) is -4.51. The second-order valence-corrected chi connectivity index (χ2v) is 8.47. The van der Waals surface area contributed by atoms with E-state index in [4.69, 9.17) is 28.3 Å². The predicted molar refractivity (Wildman–Crippen MR) is 106 cm³/mol. The van der Waals surface area contributed by atoms with Gasteiger partial charge in [0.25, 0.3) is 0 Å². The van der Waals surface area contributed by atoms with Crippen molar-refractivity contribution in [3.05, 3.63) is 70.2 Å². The van der Waals surface area contributed by atoms with Crippen molar-refractivity contribution < 1.29 is 17.2 Å². The van der Waals surface area contributed by atoms with Gasteiger partial charge in [0.15, 0.2) is 4.90 Å². The summed E-state index contributed by atoms with van der Waals surface area (Å²) in [6, 6.07) is 11.8. The number of rotatable bonds is 3. The summed E-state index contributed by atoms with van der Waals surface area (Å²) in [4.78, 5) is -0.632. The highest BCUT2D eigenvalue weighted by Gasteiger charge is 2.21. The molecule has 0 radical (unpaired) electrons. The Morgan fingerprint density at radius 1 is 0.815 bits per heavy atom. The van der Waals surface area contributed by atoms with Crippen LogP contribution >= 0.6 is 35.8 Å². The second kappa shape index (κ2) is 7.41. The molecule has 0 heterocycles. The Balaban J connectivity index is 2.07. The van der Waals surface area contributed by atoms with Crippen LogP contribution in [0.3, 0.4) is 0 Å². The summed E-state index contributed by atoms with van der Waals surface area (Å²) >= 11 is 16.4. The average Bonchev–Trinajstić information content (AvgIpc) is 2.55. The Labute approximate surface area is 170 Å². The zero-order valence-corrected chi connectivity index (χ0v) is 16.6. The average molecular weight is 446 g/mol.